The van der Waals surface area contributed by atoms with E-state index in [1.807, 2.05) is 55.7 Å². The van der Waals surface area contributed by atoms with E-state index in [0.29, 0.717) is 30.3 Å². The Balaban J connectivity index is 1.84. The van der Waals surface area contributed by atoms with Crippen molar-refractivity contribution in [2.24, 2.45) is 0 Å². The van der Waals surface area contributed by atoms with Gasteiger partial charge < -0.3 is 9.30 Å². The van der Waals surface area contributed by atoms with Gasteiger partial charge in [-0.1, -0.05) is 30.3 Å². The van der Waals surface area contributed by atoms with Gasteiger partial charge in [-0.3, -0.25) is 9.36 Å². The molecule has 0 amide bonds. The van der Waals surface area contributed by atoms with Gasteiger partial charge in [0, 0.05) is 18.0 Å². The highest BCUT2D eigenvalue weighted by Gasteiger charge is 2.23. The van der Waals surface area contributed by atoms with Gasteiger partial charge in [0.1, 0.15) is 16.9 Å². The molecule has 9 heteroatoms. The Bertz CT molecular complexity index is 1420. The molecule has 0 unspecified atom stereocenters. The molecule has 7 nitrogen and oxygen atoms in total. The molecular formula is C24H24BrFN4O3. The van der Waals surface area contributed by atoms with Crippen molar-refractivity contribution in [1.82, 2.24) is 18.9 Å². The molecule has 172 valence electrons. The summed E-state index contributed by atoms with van der Waals surface area (Å²) in [5, 5.41) is 4.76. The summed E-state index contributed by atoms with van der Waals surface area (Å²) in [6.07, 6.45) is 0. The summed E-state index contributed by atoms with van der Waals surface area (Å²) in [6, 6.07) is 13.6. The van der Waals surface area contributed by atoms with Crippen LogP contribution in [0.1, 0.15) is 38.2 Å². The third kappa shape index (κ3) is 4.30. The number of hydrogen-bond acceptors (Lipinski definition) is 4. The van der Waals surface area contributed by atoms with Crippen LogP contribution in [0.3, 0.4) is 0 Å². The minimum Gasteiger partial charge on any atom is -0.369 e. The lowest BCUT2D eigenvalue weighted by Gasteiger charge is -2.21. The second-order valence-electron chi connectivity index (χ2n) is 7.93. The molecule has 2 aromatic carbocycles. The van der Waals surface area contributed by atoms with Gasteiger partial charge >= 0.3 is 5.69 Å². The van der Waals surface area contributed by atoms with Crippen LogP contribution in [-0.4, -0.2) is 18.9 Å². The predicted octanol–water partition coefficient (Wildman–Crippen LogP) is 4.57. The van der Waals surface area contributed by atoms with E-state index >= 15 is 0 Å². The van der Waals surface area contributed by atoms with Crippen molar-refractivity contribution in [2.45, 2.75) is 46.6 Å². The van der Waals surface area contributed by atoms with Crippen LogP contribution in [0, 0.1) is 5.82 Å². The second kappa shape index (κ2) is 9.44. The number of hydrogen-bond donors (Lipinski definition) is 0. The summed E-state index contributed by atoms with van der Waals surface area (Å²) in [6.45, 7) is 6.61. The first-order chi connectivity index (χ1) is 15.8. The average molecular weight is 515 g/mol. The van der Waals surface area contributed by atoms with Crippen molar-refractivity contribution in [2.75, 3.05) is 0 Å². The highest BCUT2D eigenvalue weighted by Crippen LogP contribution is 2.27. The Morgan fingerprint density at radius 2 is 1.82 bits per heavy atom. The first-order valence-corrected chi connectivity index (χ1v) is 11.5. The number of ether oxygens (including phenoxy) is 1. The van der Waals surface area contributed by atoms with Gasteiger partial charge in [-0.15, -0.1) is 5.10 Å². The van der Waals surface area contributed by atoms with Crippen LogP contribution in [0.4, 0.5) is 4.39 Å². The molecule has 0 radical (unpaired) electrons. The lowest BCUT2D eigenvalue weighted by Crippen LogP contribution is -2.29. The number of fused-ring (bicyclic) bond motifs is 1. The lowest BCUT2D eigenvalue weighted by atomic mass is 10.1. The van der Waals surface area contributed by atoms with E-state index in [2.05, 4.69) is 21.0 Å². The molecule has 2 heterocycles. The quantitative estimate of drug-likeness (QED) is 0.362. The molecule has 33 heavy (non-hydrogen) atoms. The molecule has 2 aromatic heterocycles. The molecule has 4 aromatic rings. The summed E-state index contributed by atoms with van der Waals surface area (Å²) in [5.74, 6) is 0.253. The van der Waals surface area contributed by atoms with Crippen LogP contribution in [0.25, 0.3) is 16.7 Å². The van der Waals surface area contributed by atoms with Crippen molar-refractivity contribution < 1.29 is 9.13 Å². The second-order valence-corrected chi connectivity index (χ2v) is 8.72. The molecule has 0 aliphatic carbocycles. The average Bonchev–Trinajstić information content (AvgIpc) is 3.11. The monoisotopic (exact) mass is 514 g/mol. The molecule has 0 bridgehead atoms. The van der Waals surface area contributed by atoms with Crippen LogP contribution < -0.4 is 11.1 Å². The molecule has 0 aliphatic rings. The molecule has 0 N–H and O–H groups in total. The van der Waals surface area contributed by atoms with Gasteiger partial charge in [-0.25, -0.2) is 9.18 Å². The number of nitrogens with zero attached hydrogens (tertiary/aromatic N) is 4. The van der Waals surface area contributed by atoms with E-state index in [9.17, 15) is 14.0 Å². The smallest absolute Gasteiger partial charge is 0.352 e. The van der Waals surface area contributed by atoms with E-state index in [-0.39, 0.29) is 28.2 Å². The maximum atomic E-state index is 13.9. The molecule has 0 spiro atoms. The zero-order chi connectivity index (χ0) is 23.7. The number of benzene rings is 2. The summed E-state index contributed by atoms with van der Waals surface area (Å²) < 4.78 is 24.4. The van der Waals surface area contributed by atoms with Crippen molar-refractivity contribution in [1.29, 1.82) is 0 Å². The lowest BCUT2D eigenvalue weighted by molar-refractivity contribution is 0.0989. The van der Waals surface area contributed by atoms with Crippen LogP contribution in [0.2, 0.25) is 0 Å². The molecule has 4 rings (SSSR count). The molecule has 0 aliphatic heterocycles. The fourth-order valence-corrected chi connectivity index (χ4v) is 4.46. The Hall–Kier alpha value is -3.04. The Kier molecular flexibility index (Phi) is 6.62. The first-order valence-electron chi connectivity index (χ1n) is 10.7. The fraction of sp³-hybridized carbons (Fsp3) is 0.292. The molecule has 0 fully saturated rings. The van der Waals surface area contributed by atoms with E-state index in [1.54, 1.807) is 6.07 Å². The zero-order valence-electron chi connectivity index (χ0n) is 18.6. The Morgan fingerprint density at radius 3 is 2.48 bits per heavy atom. The van der Waals surface area contributed by atoms with E-state index < -0.39 is 11.2 Å². The van der Waals surface area contributed by atoms with Crippen molar-refractivity contribution >= 4 is 26.8 Å². The third-order valence-corrected chi connectivity index (χ3v) is 6.12. The molecule has 0 saturated carbocycles. The minimum atomic E-state index is -0.500. The highest BCUT2D eigenvalue weighted by molar-refractivity contribution is 9.10. The maximum absolute atomic E-state index is 13.9. The summed E-state index contributed by atoms with van der Waals surface area (Å²) in [4.78, 5) is 26.3. The standard InChI is InChI=1S/C24H24BrFN4O3/c1-4-28-20(14-33-13-16-8-6-5-7-9-16)27-30(24(28)32)23-21(25)22(31)18-12-17(26)10-11-19(18)29(23)15(2)3/h5-12,15H,4,13-14H2,1-3H3. The third-order valence-electron chi connectivity index (χ3n) is 5.40. The number of halogens is 2. The topological polar surface area (TPSA) is 71.0 Å². The highest BCUT2D eigenvalue weighted by atomic mass is 79.9. The molecular weight excluding hydrogens is 491 g/mol. The van der Waals surface area contributed by atoms with E-state index in [1.165, 1.54) is 21.4 Å². The fourth-order valence-electron chi connectivity index (χ4n) is 3.89. The van der Waals surface area contributed by atoms with Crippen LogP contribution in [0.5, 0.6) is 0 Å². The zero-order valence-corrected chi connectivity index (χ0v) is 20.2. The van der Waals surface area contributed by atoms with Crippen molar-refractivity contribution in [3.63, 3.8) is 0 Å². The van der Waals surface area contributed by atoms with Crippen molar-refractivity contribution in [3.8, 4) is 5.82 Å². The maximum Gasteiger partial charge on any atom is 0.352 e. The Morgan fingerprint density at radius 1 is 1.09 bits per heavy atom. The van der Waals surface area contributed by atoms with Gasteiger partial charge in [0.2, 0.25) is 5.43 Å². The SMILES string of the molecule is CCn1c(COCc2ccccc2)nn(-c2c(Br)c(=O)c3cc(F)ccc3n2C(C)C)c1=O. The molecule has 0 saturated heterocycles. The largest absolute Gasteiger partial charge is 0.369 e. The van der Waals surface area contributed by atoms with Gasteiger partial charge in [-0.05, 0) is 60.5 Å². The van der Waals surface area contributed by atoms with E-state index in [0.717, 1.165) is 5.56 Å². The van der Waals surface area contributed by atoms with E-state index in [4.69, 9.17) is 4.74 Å². The predicted molar refractivity (Wildman–Crippen MR) is 128 cm³/mol. The van der Waals surface area contributed by atoms with Gasteiger partial charge in [0.15, 0.2) is 11.6 Å². The van der Waals surface area contributed by atoms with Crippen LogP contribution in [0.15, 0.2) is 62.6 Å². The summed E-state index contributed by atoms with van der Waals surface area (Å²) >= 11 is 3.36. The Labute approximate surface area is 198 Å². The van der Waals surface area contributed by atoms with Crippen LogP contribution >= 0.6 is 15.9 Å². The van der Waals surface area contributed by atoms with Crippen molar-refractivity contribution in [3.05, 3.63) is 90.9 Å². The normalized spacial score (nSPS) is 11.6. The van der Waals surface area contributed by atoms with Crippen LogP contribution in [-0.2, 0) is 24.5 Å². The van der Waals surface area contributed by atoms with Gasteiger partial charge in [0.05, 0.1) is 12.1 Å². The van der Waals surface area contributed by atoms with Gasteiger partial charge in [-0.2, -0.15) is 4.68 Å². The number of pyridine rings is 1. The first kappa shape index (κ1) is 23.1. The summed E-state index contributed by atoms with van der Waals surface area (Å²) in [5.41, 5.74) is 0.748. The number of aromatic nitrogens is 4. The summed E-state index contributed by atoms with van der Waals surface area (Å²) in [7, 11) is 0. The number of rotatable bonds is 7. The molecule has 0 atom stereocenters. The minimum absolute atomic E-state index is 0.132. The van der Waals surface area contributed by atoms with Gasteiger partial charge in [0.25, 0.3) is 0 Å².